The van der Waals surface area contributed by atoms with Crippen molar-refractivity contribution in [2.24, 2.45) is 5.73 Å². The number of nitrogen functional groups attached to an aromatic ring is 1. The minimum atomic E-state index is -0.314. The molecule has 20 heavy (non-hydrogen) atoms. The fourth-order valence-electron chi connectivity index (χ4n) is 2.70. The van der Waals surface area contributed by atoms with Crippen LogP contribution in [-0.2, 0) is 0 Å². The van der Waals surface area contributed by atoms with Crippen LogP contribution in [0.5, 0.6) is 0 Å². The maximum Gasteiger partial charge on any atom is 0.124 e. The molecule has 1 aromatic rings. The number of nitrogens with zero attached hydrogens (tertiary/aromatic N) is 2. The Hall–Kier alpha value is -1.30. The van der Waals surface area contributed by atoms with Crippen LogP contribution >= 0.6 is 11.6 Å². The van der Waals surface area contributed by atoms with E-state index in [1.165, 1.54) is 0 Å². The van der Waals surface area contributed by atoms with Crippen molar-refractivity contribution in [1.29, 1.82) is 5.41 Å². The summed E-state index contributed by atoms with van der Waals surface area (Å²) < 4.78 is 0. The van der Waals surface area contributed by atoms with Crippen molar-refractivity contribution in [2.45, 2.75) is 18.6 Å². The zero-order chi connectivity index (χ0) is 14.9. The van der Waals surface area contributed by atoms with E-state index in [4.69, 9.17) is 22.7 Å². The Labute approximate surface area is 124 Å². The first-order chi connectivity index (χ1) is 9.38. The lowest BCUT2D eigenvalue weighted by Gasteiger charge is -2.29. The van der Waals surface area contributed by atoms with Gasteiger partial charge in [0.05, 0.1) is 11.1 Å². The second kappa shape index (κ2) is 5.99. The molecule has 2 atom stereocenters. The number of halogens is 1. The summed E-state index contributed by atoms with van der Waals surface area (Å²) in [4.78, 5) is 4.28. The van der Waals surface area contributed by atoms with Crippen molar-refractivity contribution in [3.63, 3.8) is 0 Å². The molecule has 1 fully saturated rings. The second-order valence-corrected chi connectivity index (χ2v) is 5.94. The number of hydrogen-bond donors (Lipinski definition) is 3. The van der Waals surface area contributed by atoms with Crippen LogP contribution in [0.2, 0.25) is 5.02 Å². The molecular weight excluding hydrogens is 276 g/mol. The Balaban J connectivity index is 2.25. The van der Waals surface area contributed by atoms with Crippen molar-refractivity contribution in [2.75, 3.05) is 32.1 Å². The number of rotatable bonds is 4. The minimum absolute atomic E-state index is 0.0344. The van der Waals surface area contributed by atoms with Crippen LogP contribution < -0.4 is 10.6 Å². The third-order valence-electron chi connectivity index (χ3n) is 3.54. The summed E-state index contributed by atoms with van der Waals surface area (Å²) in [6.45, 7) is 1.48. The number of hydrogen-bond acceptors (Lipinski definition) is 4. The van der Waals surface area contributed by atoms with Crippen LogP contribution in [0.3, 0.4) is 0 Å². The van der Waals surface area contributed by atoms with Gasteiger partial charge >= 0.3 is 0 Å². The first-order valence-electron chi connectivity index (χ1n) is 6.62. The van der Waals surface area contributed by atoms with E-state index in [-0.39, 0.29) is 18.0 Å². The van der Waals surface area contributed by atoms with Crippen molar-refractivity contribution < 1.29 is 5.11 Å². The monoisotopic (exact) mass is 296 g/mol. The predicted molar refractivity (Wildman–Crippen MR) is 82.8 cm³/mol. The molecule has 110 valence electrons. The predicted octanol–water partition coefficient (Wildman–Crippen LogP) is 1.13. The number of aliphatic hydroxyl groups is 1. The van der Waals surface area contributed by atoms with Crippen molar-refractivity contribution in [3.8, 4) is 0 Å². The van der Waals surface area contributed by atoms with Gasteiger partial charge in [0.2, 0.25) is 0 Å². The summed E-state index contributed by atoms with van der Waals surface area (Å²) in [6, 6.07) is 5.75. The summed E-state index contributed by atoms with van der Waals surface area (Å²) >= 11 is 6.17. The standard InChI is InChI=1S/C14H21ClN4O/c1-18(2)7-10-5-11(20)8-19(10)9-3-4-12(14(16)17)13(15)6-9/h3-4,6,10-11,20H,5,7-8H2,1-2H3,(H3,16,17). The van der Waals surface area contributed by atoms with Crippen molar-refractivity contribution in [1.82, 2.24) is 4.90 Å². The van der Waals surface area contributed by atoms with Gasteiger partial charge in [-0.1, -0.05) is 11.6 Å². The van der Waals surface area contributed by atoms with E-state index in [2.05, 4.69) is 9.80 Å². The number of benzene rings is 1. The number of aliphatic hydroxyl groups excluding tert-OH is 1. The molecule has 2 rings (SSSR count). The lowest BCUT2D eigenvalue weighted by atomic mass is 10.1. The van der Waals surface area contributed by atoms with Gasteiger partial charge in [0.1, 0.15) is 5.84 Å². The van der Waals surface area contributed by atoms with Crippen LogP contribution in [0.15, 0.2) is 18.2 Å². The van der Waals surface area contributed by atoms with E-state index in [0.717, 1.165) is 18.7 Å². The summed E-state index contributed by atoms with van der Waals surface area (Å²) in [5, 5.41) is 17.8. The maximum absolute atomic E-state index is 9.91. The van der Waals surface area contributed by atoms with E-state index >= 15 is 0 Å². The highest BCUT2D eigenvalue weighted by atomic mass is 35.5. The molecule has 1 aliphatic heterocycles. The normalized spacial score (nSPS) is 22.6. The van der Waals surface area contributed by atoms with Crippen molar-refractivity contribution in [3.05, 3.63) is 28.8 Å². The lowest BCUT2D eigenvalue weighted by molar-refractivity contribution is 0.191. The summed E-state index contributed by atoms with van der Waals surface area (Å²) in [5.74, 6) is -0.0344. The quantitative estimate of drug-likeness (QED) is 0.575. The Bertz CT molecular complexity index is 506. The van der Waals surface area contributed by atoms with Crippen LogP contribution in [0.1, 0.15) is 12.0 Å². The molecule has 0 aliphatic carbocycles. The Morgan fingerprint density at radius 3 is 2.80 bits per heavy atom. The van der Waals surface area contributed by atoms with Gasteiger partial charge in [-0.15, -0.1) is 0 Å². The Kier molecular flexibility index (Phi) is 4.52. The van der Waals surface area contributed by atoms with Gasteiger partial charge in [0.15, 0.2) is 0 Å². The minimum Gasteiger partial charge on any atom is -0.391 e. The summed E-state index contributed by atoms with van der Waals surface area (Å²) in [6.07, 6.45) is 0.441. The summed E-state index contributed by atoms with van der Waals surface area (Å²) in [7, 11) is 4.05. The molecule has 1 aromatic carbocycles. The molecule has 2 unspecified atom stereocenters. The van der Waals surface area contributed by atoms with Crippen LogP contribution in [0.25, 0.3) is 0 Å². The fourth-order valence-corrected chi connectivity index (χ4v) is 2.98. The molecule has 6 heteroatoms. The van der Waals surface area contributed by atoms with Crippen molar-refractivity contribution >= 4 is 23.1 Å². The van der Waals surface area contributed by atoms with Gasteiger partial charge in [0, 0.05) is 30.4 Å². The van der Waals surface area contributed by atoms with Gasteiger partial charge < -0.3 is 20.6 Å². The molecular formula is C14H21ClN4O. The third kappa shape index (κ3) is 3.23. The molecule has 0 amide bonds. The third-order valence-corrected chi connectivity index (χ3v) is 3.86. The highest BCUT2D eigenvalue weighted by molar-refractivity contribution is 6.34. The van der Waals surface area contributed by atoms with Gasteiger partial charge in [-0.2, -0.15) is 0 Å². The van der Waals surface area contributed by atoms with Gasteiger partial charge in [0.25, 0.3) is 0 Å². The second-order valence-electron chi connectivity index (χ2n) is 5.54. The molecule has 0 spiro atoms. The Morgan fingerprint density at radius 2 is 2.25 bits per heavy atom. The number of nitrogens with two attached hydrogens (primary N) is 1. The smallest absolute Gasteiger partial charge is 0.124 e. The molecule has 0 radical (unpaired) electrons. The largest absolute Gasteiger partial charge is 0.391 e. The SMILES string of the molecule is CN(C)CC1CC(O)CN1c1ccc(C(=N)N)c(Cl)c1. The van der Waals surface area contributed by atoms with E-state index in [1.807, 2.05) is 26.2 Å². The molecule has 1 heterocycles. The lowest BCUT2D eigenvalue weighted by Crippen LogP contribution is -2.37. The first-order valence-corrected chi connectivity index (χ1v) is 6.99. The number of β-amino-alcohol motifs (C(OH)–C–C–N with tert-alkyl or cyclic N) is 1. The van der Waals surface area contributed by atoms with Crippen LogP contribution in [0, 0.1) is 5.41 Å². The zero-order valence-corrected chi connectivity index (χ0v) is 12.6. The van der Waals surface area contributed by atoms with E-state index in [9.17, 15) is 5.11 Å². The number of likely N-dealkylation sites (N-methyl/N-ethyl adjacent to an activating group) is 1. The van der Waals surface area contributed by atoms with Gasteiger partial charge in [-0.25, -0.2) is 0 Å². The molecule has 0 aromatic heterocycles. The summed E-state index contributed by atoms with van der Waals surface area (Å²) in [5.41, 5.74) is 6.97. The van der Waals surface area contributed by atoms with Gasteiger partial charge in [-0.3, -0.25) is 5.41 Å². The van der Waals surface area contributed by atoms with Gasteiger partial charge in [-0.05, 0) is 38.7 Å². The van der Waals surface area contributed by atoms with E-state index in [0.29, 0.717) is 17.1 Å². The number of anilines is 1. The highest BCUT2D eigenvalue weighted by Gasteiger charge is 2.31. The molecule has 5 nitrogen and oxygen atoms in total. The van der Waals surface area contributed by atoms with E-state index in [1.54, 1.807) is 6.07 Å². The molecule has 0 saturated carbocycles. The Morgan fingerprint density at radius 1 is 1.55 bits per heavy atom. The molecule has 4 N–H and O–H groups in total. The number of amidine groups is 1. The highest BCUT2D eigenvalue weighted by Crippen LogP contribution is 2.29. The average Bonchev–Trinajstić information content (AvgIpc) is 2.68. The topological polar surface area (TPSA) is 76.6 Å². The average molecular weight is 297 g/mol. The number of nitrogens with one attached hydrogen (secondary N) is 1. The molecule has 1 saturated heterocycles. The zero-order valence-electron chi connectivity index (χ0n) is 11.8. The molecule has 1 aliphatic rings. The van der Waals surface area contributed by atoms with E-state index < -0.39 is 0 Å². The molecule has 0 bridgehead atoms. The van der Waals surface area contributed by atoms with Crippen LogP contribution in [-0.4, -0.2) is 55.2 Å². The maximum atomic E-state index is 9.91. The first kappa shape index (κ1) is 15.1. The van der Waals surface area contributed by atoms with Crippen LogP contribution in [0.4, 0.5) is 5.69 Å². The fraction of sp³-hybridized carbons (Fsp3) is 0.500.